The molecule has 2 amide bonds. The van der Waals surface area contributed by atoms with Crippen LogP contribution >= 0.6 is 0 Å². The van der Waals surface area contributed by atoms with E-state index in [4.69, 9.17) is 0 Å². The first-order valence-corrected chi connectivity index (χ1v) is 9.66. The molecule has 0 bridgehead atoms. The van der Waals surface area contributed by atoms with E-state index in [-0.39, 0.29) is 11.8 Å². The maximum atomic E-state index is 12.7. The summed E-state index contributed by atoms with van der Waals surface area (Å²) in [5.41, 5.74) is 1.03. The van der Waals surface area contributed by atoms with E-state index in [1.54, 1.807) is 20.7 Å². The minimum Gasteiger partial charge on any atom is -0.449 e. The fourth-order valence-electron chi connectivity index (χ4n) is 2.93. The molecule has 0 aliphatic heterocycles. The second kappa shape index (κ2) is 10.1. The van der Waals surface area contributed by atoms with E-state index in [1.807, 2.05) is 60.7 Å². The van der Waals surface area contributed by atoms with Gasteiger partial charge in [0.1, 0.15) is 5.54 Å². The lowest BCUT2D eigenvalue weighted by Gasteiger charge is -2.29. The summed E-state index contributed by atoms with van der Waals surface area (Å²) in [6, 6.07) is 19.4. The molecule has 0 saturated heterocycles. The molecular weight excluding hydrogens is 351 g/mol. The fraction of sp³-hybridized carbons (Fsp3) is 0.364. The van der Waals surface area contributed by atoms with E-state index >= 15 is 0 Å². The Labute approximate surface area is 167 Å². The molecule has 3 N–H and O–H groups in total. The van der Waals surface area contributed by atoms with Gasteiger partial charge in [-0.1, -0.05) is 67.5 Å². The molecule has 2 aromatic rings. The van der Waals surface area contributed by atoms with Gasteiger partial charge in [0.05, 0.1) is 0 Å². The first kappa shape index (κ1) is 21.7. The van der Waals surface area contributed by atoms with Crippen LogP contribution in [0.5, 0.6) is 0 Å². The van der Waals surface area contributed by atoms with Crippen molar-refractivity contribution in [1.82, 2.24) is 10.6 Å². The predicted molar refractivity (Wildman–Crippen MR) is 113 cm³/mol. The Morgan fingerprint density at radius 2 is 1.54 bits per heavy atom. The first-order chi connectivity index (χ1) is 13.3. The van der Waals surface area contributed by atoms with Crippen molar-refractivity contribution in [2.45, 2.75) is 51.4 Å². The standard InChI is InChI=1S/C22H29BN2O3/c1-22(2,25-20(26)15-14-17-10-6-4-7-11-17)21(27)24-19(23(3)28)16-18-12-8-5-9-13-18/h4-13,19,28H,14-16H2,1-3H3,(H,24,27)(H,25,26)/t19-/m0/s1. The lowest BCUT2D eigenvalue weighted by molar-refractivity contribution is -0.132. The molecule has 6 heteroatoms. The Morgan fingerprint density at radius 1 is 1.00 bits per heavy atom. The molecule has 5 nitrogen and oxygen atoms in total. The minimum absolute atomic E-state index is 0.180. The number of carbonyl (C=O) groups excluding carboxylic acids is 2. The van der Waals surface area contributed by atoms with Gasteiger partial charge in [-0.3, -0.25) is 9.59 Å². The van der Waals surface area contributed by atoms with Gasteiger partial charge in [-0.15, -0.1) is 0 Å². The third-order valence-corrected chi connectivity index (χ3v) is 4.70. The van der Waals surface area contributed by atoms with Crippen molar-refractivity contribution in [2.24, 2.45) is 0 Å². The quantitative estimate of drug-likeness (QED) is 0.585. The highest BCUT2D eigenvalue weighted by molar-refractivity contribution is 6.51. The van der Waals surface area contributed by atoms with E-state index < -0.39 is 18.4 Å². The number of nitrogens with one attached hydrogen (secondary N) is 2. The fourth-order valence-corrected chi connectivity index (χ4v) is 2.93. The SMILES string of the molecule is CB(O)[C@H](Cc1ccccc1)NC(=O)C(C)(C)NC(=O)CCc1ccccc1. The van der Waals surface area contributed by atoms with Gasteiger partial charge < -0.3 is 15.7 Å². The Bertz CT molecular complexity index is 764. The molecule has 0 aliphatic rings. The van der Waals surface area contributed by atoms with Crippen LogP contribution in [0.25, 0.3) is 0 Å². The van der Waals surface area contributed by atoms with Crippen molar-refractivity contribution < 1.29 is 14.6 Å². The number of amides is 2. The zero-order valence-electron chi connectivity index (χ0n) is 16.8. The zero-order chi connectivity index (χ0) is 20.6. The molecular formula is C22H29BN2O3. The smallest absolute Gasteiger partial charge is 0.309 e. The average molecular weight is 380 g/mol. The second-order valence-electron chi connectivity index (χ2n) is 7.67. The Balaban J connectivity index is 1.91. The van der Waals surface area contributed by atoms with Crippen LogP contribution in [-0.4, -0.2) is 35.2 Å². The summed E-state index contributed by atoms with van der Waals surface area (Å²) in [6.45, 7) is 4.28. The van der Waals surface area contributed by atoms with Crippen LogP contribution in [0.15, 0.2) is 60.7 Å². The lowest BCUT2D eigenvalue weighted by atomic mass is 9.61. The summed E-state index contributed by atoms with van der Waals surface area (Å²) in [6.07, 6.45) is 1.45. The monoisotopic (exact) mass is 380 g/mol. The largest absolute Gasteiger partial charge is 0.449 e. The van der Waals surface area contributed by atoms with E-state index in [1.165, 1.54) is 0 Å². The Hall–Kier alpha value is -2.60. The van der Waals surface area contributed by atoms with Crippen molar-refractivity contribution in [3.05, 3.63) is 71.8 Å². The van der Waals surface area contributed by atoms with Gasteiger partial charge in [0.2, 0.25) is 11.8 Å². The number of rotatable bonds is 9. The molecule has 0 radical (unpaired) electrons. The summed E-state index contributed by atoms with van der Waals surface area (Å²) in [7, 11) is 0. The number of carbonyl (C=O) groups is 2. The van der Waals surface area contributed by atoms with Crippen LogP contribution in [0.3, 0.4) is 0 Å². The maximum absolute atomic E-state index is 12.7. The van der Waals surface area contributed by atoms with Crippen molar-refractivity contribution in [1.29, 1.82) is 0 Å². The van der Waals surface area contributed by atoms with Crippen LogP contribution in [0.2, 0.25) is 6.82 Å². The molecule has 0 aliphatic carbocycles. The summed E-state index contributed by atoms with van der Waals surface area (Å²) >= 11 is 0. The molecule has 0 heterocycles. The molecule has 2 rings (SSSR count). The number of hydrogen-bond acceptors (Lipinski definition) is 3. The Morgan fingerprint density at radius 3 is 2.07 bits per heavy atom. The Kier molecular flexibility index (Phi) is 7.82. The summed E-state index contributed by atoms with van der Waals surface area (Å²) < 4.78 is 0. The van der Waals surface area contributed by atoms with Gasteiger partial charge >= 0.3 is 6.92 Å². The molecule has 1 atom stereocenters. The van der Waals surface area contributed by atoms with Crippen LogP contribution in [0.1, 0.15) is 31.4 Å². The molecule has 148 valence electrons. The second-order valence-corrected chi connectivity index (χ2v) is 7.67. The van der Waals surface area contributed by atoms with Crippen molar-refractivity contribution >= 4 is 18.7 Å². The summed E-state index contributed by atoms with van der Waals surface area (Å²) in [5.74, 6) is -0.932. The van der Waals surface area contributed by atoms with Crippen molar-refractivity contribution in [3.8, 4) is 0 Å². The maximum Gasteiger partial charge on any atom is 0.309 e. The highest BCUT2D eigenvalue weighted by Gasteiger charge is 2.32. The predicted octanol–water partition coefficient (Wildman–Crippen LogP) is 2.39. The molecule has 0 spiro atoms. The van der Waals surface area contributed by atoms with Crippen LogP contribution in [-0.2, 0) is 22.4 Å². The van der Waals surface area contributed by atoms with Crippen LogP contribution < -0.4 is 10.6 Å². The van der Waals surface area contributed by atoms with E-state index in [0.29, 0.717) is 19.3 Å². The number of benzene rings is 2. The number of aryl methyl sites for hydroxylation is 1. The topological polar surface area (TPSA) is 78.4 Å². The van der Waals surface area contributed by atoms with Gasteiger partial charge in [0.25, 0.3) is 0 Å². The van der Waals surface area contributed by atoms with Crippen molar-refractivity contribution in [2.75, 3.05) is 0 Å². The zero-order valence-corrected chi connectivity index (χ0v) is 16.8. The highest BCUT2D eigenvalue weighted by Crippen LogP contribution is 2.09. The van der Waals surface area contributed by atoms with E-state index in [9.17, 15) is 14.6 Å². The van der Waals surface area contributed by atoms with Crippen LogP contribution in [0, 0.1) is 0 Å². The summed E-state index contributed by atoms with van der Waals surface area (Å²) in [5, 5.41) is 15.8. The highest BCUT2D eigenvalue weighted by atomic mass is 16.2. The lowest BCUT2D eigenvalue weighted by Crippen LogP contribution is -2.59. The van der Waals surface area contributed by atoms with Gasteiger partial charge in [0.15, 0.2) is 0 Å². The van der Waals surface area contributed by atoms with Gasteiger partial charge in [0, 0.05) is 12.4 Å². The first-order valence-electron chi connectivity index (χ1n) is 9.66. The molecule has 28 heavy (non-hydrogen) atoms. The van der Waals surface area contributed by atoms with Gasteiger partial charge in [-0.2, -0.15) is 0 Å². The molecule has 0 aromatic heterocycles. The van der Waals surface area contributed by atoms with Crippen molar-refractivity contribution in [3.63, 3.8) is 0 Å². The normalized spacial score (nSPS) is 12.1. The third-order valence-electron chi connectivity index (χ3n) is 4.70. The molecule has 2 aromatic carbocycles. The van der Waals surface area contributed by atoms with Gasteiger partial charge in [-0.05, 0) is 37.8 Å². The molecule has 0 unspecified atom stereocenters. The molecule has 0 saturated carbocycles. The minimum atomic E-state index is -1.07. The van der Waals surface area contributed by atoms with E-state index in [2.05, 4.69) is 10.6 Å². The third kappa shape index (κ3) is 6.85. The van der Waals surface area contributed by atoms with Gasteiger partial charge in [-0.25, -0.2) is 0 Å². The number of hydrogen-bond donors (Lipinski definition) is 3. The molecule has 0 fully saturated rings. The van der Waals surface area contributed by atoms with E-state index in [0.717, 1.165) is 11.1 Å². The average Bonchev–Trinajstić information content (AvgIpc) is 2.67. The van der Waals surface area contributed by atoms with Crippen LogP contribution in [0.4, 0.5) is 0 Å². The summed E-state index contributed by atoms with van der Waals surface area (Å²) in [4.78, 5) is 25.0.